The number of Topliss-reactive ketones (excluding diaryl/α,β-unsaturated/α-hetero) is 3. The van der Waals surface area contributed by atoms with Crippen molar-refractivity contribution < 1.29 is 44.3 Å². The smallest absolute Gasteiger partial charge is 0.209 e. The lowest BCUT2D eigenvalue weighted by Gasteiger charge is -2.54. The van der Waals surface area contributed by atoms with Crippen molar-refractivity contribution in [1.82, 2.24) is 10.2 Å². The molecule has 39 heavy (non-hydrogen) atoms. The van der Waals surface area contributed by atoms with Gasteiger partial charge >= 0.3 is 0 Å². The molecule has 4 rings (SSSR count). The molecule has 0 saturated heterocycles. The number of hydrogen-bond donors (Lipinski definition) is 5. The van der Waals surface area contributed by atoms with Gasteiger partial charge < -0.3 is 35.2 Å². The Labute approximate surface area is 226 Å². The molecule has 0 saturated carbocycles. The minimum atomic E-state index is -2.65. The monoisotopic (exact) mass is 544 g/mol. The number of carbonyl (C=O) groups is 3. The molecule has 0 aliphatic heterocycles. The number of nitrogens with one attached hydrogen (secondary N) is 1. The molecular weight excluding hydrogens is 508 g/mol. The minimum Gasteiger partial charge on any atom is -0.510 e. The fourth-order valence-electron chi connectivity index (χ4n) is 6.55. The number of methoxy groups -OCH3 is 1. The van der Waals surface area contributed by atoms with Crippen molar-refractivity contribution in [2.24, 2.45) is 11.3 Å². The Morgan fingerprint density at radius 1 is 1.18 bits per heavy atom. The highest BCUT2D eigenvalue weighted by Crippen LogP contribution is 2.58. The van der Waals surface area contributed by atoms with Gasteiger partial charge in [0.1, 0.15) is 22.8 Å². The maximum atomic E-state index is 14.1. The summed E-state index contributed by atoms with van der Waals surface area (Å²) in [4.78, 5) is 41.7. The number of carbonyl (C=O) groups excluding carboxylic acids is 3. The quantitative estimate of drug-likeness (QED) is 0.222. The normalized spacial score (nSPS) is 28.5. The third kappa shape index (κ3) is 4.29. The first-order valence-electron chi connectivity index (χ1n) is 12.8. The highest BCUT2D eigenvalue weighted by Gasteiger charge is 2.66. The predicted molar refractivity (Wildman–Crippen MR) is 140 cm³/mol. The standard InChI is InChI=1S/C28H36N2O9/c1-14(31)19-24(34)22(30(3)4)17-11-27(13-39-9-8-38-5)10-16-15(12-29-2)6-7-18(32)20(16)23(33)21(27)26(36)28(17,37)25(19)35/h6-7,17,22,29,32,34,36-37H,8-13H2,1-5H3/t17-,22-,27-,28+/m0/s1. The molecule has 11 nitrogen and oxygen atoms in total. The van der Waals surface area contributed by atoms with Crippen LogP contribution in [0.25, 0.3) is 0 Å². The first kappa shape index (κ1) is 28.9. The van der Waals surface area contributed by atoms with E-state index in [1.165, 1.54) is 13.2 Å². The molecule has 0 amide bonds. The number of aliphatic hydroxyl groups excluding tert-OH is 2. The zero-order chi connectivity index (χ0) is 28.9. The summed E-state index contributed by atoms with van der Waals surface area (Å²) in [5.41, 5.74) is -3.42. The second-order valence-electron chi connectivity index (χ2n) is 10.8. The van der Waals surface area contributed by atoms with E-state index < -0.39 is 57.4 Å². The van der Waals surface area contributed by atoms with Gasteiger partial charge in [0.15, 0.2) is 17.2 Å². The Morgan fingerprint density at radius 2 is 1.87 bits per heavy atom. The second kappa shape index (κ2) is 10.5. The molecule has 1 aromatic rings. The van der Waals surface area contributed by atoms with Gasteiger partial charge in [0, 0.05) is 25.0 Å². The molecule has 11 heteroatoms. The zero-order valence-electron chi connectivity index (χ0n) is 22.8. The summed E-state index contributed by atoms with van der Waals surface area (Å²) >= 11 is 0. The first-order chi connectivity index (χ1) is 18.4. The van der Waals surface area contributed by atoms with Crippen LogP contribution in [0.1, 0.15) is 34.8 Å². The van der Waals surface area contributed by atoms with Crippen molar-refractivity contribution in [2.75, 3.05) is 48.1 Å². The van der Waals surface area contributed by atoms with Gasteiger partial charge in [-0.3, -0.25) is 19.3 Å². The molecule has 0 heterocycles. The van der Waals surface area contributed by atoms with Crippen molar-refractivity contribution in [3.05, 3.63) is 51.5 Å². The SMILES string of the molecule is CNCc1ccc(O)c2c1C[C@@]1(COCCOC)C[C@H]3[C@H](N(C)C)C(O)=C(C(C)=O)C(=O)[C@@]3(O)C(O)=C1C2=O. The third-order valence-corrected chi connectivity index (χ3v) is 8.21. The first-order valence-corrected chi connectivity index (χ1v) is 12.8. The average Bonchev–Trinajstić information content (AvgIpc) is 2.85. The summed E-state index contributed by atoms with van der Waals surface area (Å²) < 4.78 is 11.0. The summed E-state index contributed by atoms with van der Waals surface area (Å²) in [6, 6.07) is 2.08. The number of phenolic OH excluding ortho intramolecular Hbond substituents is 1. The van der Waals surface area contributed by atoms with Crippen LogP contribution in [-0.4, -0.2) is 102 Å². The maximum absolute atomic E-state index is 14.1. The molecule has 1 aromatic carbocycles. The van der Waals surface area contributed by atoms with Crippen LogP contribution in [-0.2, 0) is 32.0 Å². The van der Waals surface area contributed by atoms with E-state index in [2.05, 4.69) is 5.32 Å². The van der Waals surface area contributed by atoms with E-state index in [1.807, 2.05) is 0 Å². The van der Waals surface area contributed by atoms with E-state index in [4.69, 9.17) is 9.47 Å². The molecule has 3 aliphatic rings. The summed E-state index contributed by atoms with van der Waals surface area (Å²) in [5.74, 6) is -5.46. The van der Waals surface area contributed by atoms with Crippen LogP contribution in [0.15, 0.2) is 34.8 Å². The van der Waals surface area contributed by atoms with Gasteiger partial charge in [-0.15, -0.1) is 0 Å². The van der Waals surface area contributed by atoms with Gasteiger partial charge in [0.25, 0.3) is 0 Å². The summed E-state index contributed by atoms with van der Waals surface area (Å²) in [6.07, 6.45) is 0.107. The van der Waals surface area contributed by atoms with E-state index in [0.717, 1.165) is 12.5 Å². The van der Waals surface area contributed by atoms with E-state index in [-0.39, 0.29) is 49.5 Å². The van der Waals surface area contributed by atoms with Gasteiger partial charge in [0.2, 0.25) is 5.78 Å². The number of ketones is 3. The van der Waals surface area contributed by atoms with Crippen LogP contribution >= 0.6 is 0 Å². The zero-order valence-corrected chi connectivity index (χ0v) is 22.8. The number of benzene rings is 1. The lowest BCUT2D eigenvalue weighted by Crippen LogP contribution is -2.65. The number of likely N-dealkylation sites (N-methyl/N-ethyl adjacent to an activating group) is 1. The van der Waals surface area contributed by atoms with E-state index in [0.29, 0.717) is 12.1 Å². The average molecular weight is 545 g/mol. The number of nitrogens with zero attached hydrogens (tertiary/aromatic N) is 1. The highest BCUT2D eigenvalue weighted by atomic mass is 16.5. The lowest BCUT2D eigenvalue weighted by atomic mass is 9.52. The molecule has 3 aliphatic carbocycles. The second-order valence-corrected chi connectivity index (χ2v) is 10.8. The highest BCUT2D eigenvalue weighted by molar-refractivity contribution is 6.25. The Hall–Kier alpha value is -3.09. The summed E-state index contributed by atoms with van der Waals surface area (Å²) in [5, 5.41) is 48.6. The molecule has 0 fully saturated rings. The van der Waals surface area contributed by atoms with Crippen LogP contribution < -0.4 is 5.32 Å². The molecule has 0 spiro atoms. The van der Waals surface area contributed by atoms with Crippen molar-refractivity contribution >= 4 is 17.3 Å². The Balaban J connectivity index is 2.02. The van der Waals surface area contributed by atoms with Crippen LogP contribution in [0.4, 0.5) is 0 Å². The van der Waals surface area contributed by atoms with E-state index in [9.17, 15) is 34.8 Å². The largest absolute Gasteiger partial charge is 0.510 e. The van der Waals surface area contributed by atoms with E-state index >= 15 is 0 Å². The summed E-state index contributed by atoms with van der Waals surface area (Å²) in [6.45, 7) is 1.88. The van der Waals surface area contributed by atoms with E-state index in [1.54, 1.807) is 32.1 Å². The molecular formula is C28H36N2O9. The number of fused-ring (bicyclic) bond motifs is 3. The molecule has 5 N–H and O–H groups in total. The number of aliphatic hydroxyl groups is 3. The van der Waals surface area contributed by atoms with Crippen LogP contribution in [0.5, 0.6) is 5.75 Å². The van der Waals surface area contributed by atoms with Crippen molar-refractivity contribution in [3.63, 3.8) is 0 Å². The number of ether oxygens (including phenoxy) is 2. The van der Waals surface area contributed by atoms with Crippen molar-refractivity contribution in [2.45, 2.75) is 38.0 Å². The molecule has 4 atom stereocenters. The summed E-state index contributed by atoms with van der Waals surface area (Å²) in [7, 11) is 6.51. The molecule has 0 radical (unpaired) electrons. The van der Waals surface area contributed by atoms with Gasteiger partial charge in [-0.1, -0.05) is 6.07 Å². The van der Waals surface area contributed by atoms with Crippen LogP contribution in [0, 0.1) is 11.3 Å². The Kier molecular flexibility index (Phi) is 7.76. The lowest BCUT2D eigenvalue weighted by molar-refractivity contribution is -0.152. The number of hydrogen-bond acceptors (Lipinski definition) is 11. The number of phenols is 1. The topological polar surface area (TPSA) is 166 Å². The molecule has 0 bridgehead atoms. The fourth-order valence-corrected chi connectivity index (χ4v) is 6.55. The molecule has 0 unspecified atom stereocenters. The fraction of sp³-hybridized carbons (Fsp3) is 0.536. The van der Waals surface area contributed by atoms with Gasteiger partial charge in [-0.2, -0.15) is 0 Å². The van der Waals surface area contributed by atoms with Crippen LogP contribution in [0.3, 0.4) is 0 Å². The number of aromatic hydroxyl groups is 1. The third-order valence-electron chi connectivity index (χ3n) is 8.21. The van der Waals surface area contributed by atoms with Gasteiger partial charge in [0.05, 0.1) is 37.0 Å². The minimum absolute atomic E-state index is 0.0172. The van der Waals surface area contributed by atoms with Gasteiger partial charge in [-0.25, -0.2) is 0 Å². The van der Waals surface area contributed by atoms with Gasteiger partial charge in [-0.05, 0) is 58.1 Å². The number of rotatable bonds is 9. The van der Waals surface area contributed by atoms with Crippen LogP contribution in [0.2, 0.25) is 0 Å². The Morgan fingerprint density at radius 3 is 2.46 bits per heavy atom. The maximum Gasteiger partial charge on any atom is 0.209 e. The van der Waals surface area contributed by atoms with Crippen molar-refractivity contribution in [1.29, 1.82) is 0 Å². The molecule has 0 aromatic heterocycles. The predicted octanol–water partition coefficient (Wildman–Crippen LogP) is 0.977. The molecule has 212 valence electrons. The van der Waals surface area contributed by atoms with Crippen molar-refractivity contribution in [3.8, 4) is 5.75 Å². The Bertz CT molecular complexity index is 1280.